The number of aryl methyl sites for hydroxylation is 1. The van der Waals surface area contributed by atoms with Crippen molar-refractivity contribution in [2.45, 2.75) is 69.1 Å². The first-order chi connectivity index (χ1) is 18.8. The summed E-state index contributed by atoms with van der Waals surface area (Å²) in [6.07, 6.45) is 6.24. The SMILES string of the molecule is CCCCCC(Nc1ccc(F)c(C(=O)OC)c1)S(=O)(=O)c1ccc(C#Cc2ccc(CCCC)cc2)cc1. The van der Waals surface area contributed by atoms with Crippen LogP contribution in [0.15, 0.2) is 71.6 Å². The van der Waals surface area contributed by atoms with Gasteiger partial charge in [0.05, 0.1) is 17.6 Å². The van der Waals surface area contributed by atoms with Gasteiger partial charge in [0.1, 0.15) is 11.2 Å². The number of unbranched alkanes of at least 4 members (excludes halogenated alkanes) is 3. The van der Waals surface area contributed by atoms with Crippen molar-refractivity contribution in [3.8, 4) is 11.8 Å². The Morgan fingerprint density at radius 1 is 0.897 bits per heavy atom. The molecule has 1 unspecified atom stereocenters. The lowest BCUT2D eigenvalue weighted by Crippen LogP contribution is -2.30. The summed E-state index contributed by atoms with van der Waals surface area (Å²) in [4.78, 5) is 12.1. The number of nitrogens with one attached hydrogen (secondary N) is 1. The molecule has 3 aromatic rings. The second kappa shape index (κ2) is 14.5. The molecule has 0 spiro atoms. The summed E-state index contributed by atoms with van der Waals surface area (Å²) >= 11 is 0. The highest BCUT2D eigenvalue weighted by Crippen LogP contribution is 2.25. The molecule has 0 saturated heterocycles. The average molecular weight is 550 g/mol. The third-order valence-corrected chi connectivity index (χ3v) is 8.48. The monoisotopic (exact) mass is 549 g/mol. The molecule has 0 fully saturated rings. The van der Waals surface area contributed by atoms with Crippen molar-refractivity contribution in [3.05, 3.63) is 94.8 Å². The van der Waals surface area contributed by atoms with Gasteiger partial charge in [-0.05, 0) is 79.4 Å². The van der Waals surface area contributed by atoms with E-state index in [9.17, 15) is 17.6 Å². The highest BCUT2D eigenvalue weighted by Gasteiger charge is 2.27. The van der Waals surface area contributed by atoms with E-state index in [0.29, 0.717) is 24.1 Å². The zero-order valence-corrected chi connectivity index (χ0v) is 23.6. The Morgan fingerprint density at radius 2 is 1.51 bits per heavy atom. The fourth-order valence-corrected chi connectivity index (χ4v) is 5.74. The molecule has 0 aliphatic heterocycles. The summed E-state index contributed by atoms with van der Waals surface area (Å²) in [6, 6.07) is 18.5. The van der Waals surface area contributed by atoms with E-state index in [2.05, 4.69) is 41.0 Å². The number of methoxy groups -OCH3 is 1. The number of anilines is 1. The van der Waals surface area contributed by atoms with Crippen molar-refractivity contribution in [2.24, 2.45) is 0 Å². The van der Waals surface area contributed by atoms with Crippen LogP contribution in [0.25, 0.3) is 0 Å². The number of carbonyl (C=O) groups is 1. The first-order valence-electron chi connectivity index (χ1n) is 13.4. The normalized spacial score (nSPS) is 11.8. The number of halogens is 1. The first kappa shape index (κ1) is 29.9. The highest BCUT2D eigenvalue weighted by atomic mass is 32.2. The molecule has 0 bridgehead atoms. The van der Waals surface area contributed by atoms with Crippen molar-refractivity contribution < 1.29 is 22.3 Å². The maximum absolute atomic E-state index is 14.1. The van der Waals surface area contributed by atoms with Crippen LogP contribution in [0.3, 0.4) is 0 Å². The maximum Gasteiger partial charge on any atom is 0.340 e. The zero-order valence-electron chi connectivity index (χ0n) is 22.8. The third-order valence-electron chi connectivity index (χ3n) is 6.45. The summed E-state index contributed by atoms with van der Waals surface area (Å²) in [5.74, 6) is 4.67. The Morgan fingerprint density at radius 3 is 2.10 bits per heavy atom. The second-order valence-electron chi connectivity index (χ2n) is 9.43. The van der Waals surface area contributed by atoms with Gasteiger partial charge in [-0.1, -0.05) is 63.5 Å². The van der Waals surface area contributed by atoms with Crippen molar-refractivity contribution in [1.82, 2.24) is 0 Å². The minimum atomic E-state index is -3.79. The average Bonchev–Trinajstić information content (AvgIpc) is 2.95. The number of esters is 1. The van der Waals surface area contributed by atoms with Crippen molar-refractivity contribution in [3.63, 3.8) is 0 Å². The summed E-state index contributed by atoms with van der Waals surface area (Å²) < 4.78 is 46.0. The van der Waals surface area contributed by atoms with Crippen LogP contribution in [-0.4, -0.2) is 26.9 Å². The van der Waals surface area contributed by atoms with Crippen LogP contribution in [0, 0.1) is 17.7 Å². The zero-order chi connectivity index (χ0) is 28.3. The van der Waals surface area contributed by atoms with Gasteiger partial charge in [0.15, 0.2) is 9.84 Å². The summed E-state index contributed by atoms with van der Waals surface area (Å²) in [7, 11) is -2.63. The molecule has 0 saturated carbocycles. The molecule has 3 rings (SSSR count). The topological polar surface area (TPSA) is 72.5 Å². The highest BCUT2D eigenvalue weighted by molar-refractivity contribution is 7.92. The molecule has 39 heavy (non-hydrogen) atoms. The van der Waals surface area contributed by atoms with Gasteiger partial charge in [0.25, 0.3) is 0 Å². The van der Waals surface area contributed by atoms with Gasteiger partial charge < -0.3 is 10.1 Å². The van der Waals surface area contributed by atoms with E-state index < -0.39 is 27.0 Å². The van der Waals surface area contributed by atoms with Gasteiger partial charge >= 0.3 is 5.97 Å². The van der Waals surface area contributed by atoms with Crippen LogP contribution < -0.4 is 5.32 Å². The van der Waals surface area contributed by atoms with Crippen LogP contribution in [-0.2, 0) is 21.0 Å². The standard InChI is InChI=1S/C32H36FNO4S/c1-4-6-8-10-31(34-27-19-22-30(33)29(23-27)32(35)38-3)39(36,37)28-20-17-26(18-21-28)16-15-25-13-11-24(12-14-25)9-7-5-2/h11-14,17-23,31,34H,4-10H2,1-3H3. The van der Waals surface area contributed by atoms with Gasteiger partial charge in [0.2, 0.25) is 0 Å². The van der Waals surface area contributed by atoms with Gasteiger partial charge in [-0.25, -0.2) is 17.6 Å². The summed E-state index contributed by atoms with van der Waals surface area (Å²) in [5.41, 5.74) is 2.97. The van der Waals surface area contributed by atoms with Crippen LogP contribution in [0.2, 0.25) is 0 Å². The van der Waals surface area contributed by atoms with Crippen LogP contribution in [0.1, 0.15) is 79.4 Å². The summed E-state index contributed by atoms with van der Waals surface area (Å²) in [5, 5.41) is 2.06. The quantitative estimate of drug-likeness (QED) is 0.148. The second-order valence-corrected chi connectivity index (χ2v) is 11.6. The predicted molar refractivity (Wildman–Crippen MR) is 154 cm³/mol. The Bertz CT molecular complexity index is 1410. The maximum atomic E-state index is 14.1. The number of rotatable bonds is 12. The molecule has 0 aromatic heterocycles. The van der Waals surface area contributed by atoms with Crippen LogP contribution >= 0.6 is 0 Å². The molecular weight excluding hydrogens is 513 g/mol. The number of ether oxygens (including phenoxy) is 1. The number of hydrogen-bond acceptors (Lipinski definition) is 5. The van der Waals surface area contributed by atoms with E-state index in [-0.39, 0.29) is 10.5 Å². The largest absolute Gasteiger partial charge is 0.465 e. The number of sulfone groups is 1. The molecule has 7 heteroatoms. The Hall–Kier alpha value is -3.63. The lowest BCUT2D eigenvalue weighted by molar-refractivity contribution is 0.0595. The lowest BCUT2D eigenvalue weighted by atomic mass is 10.1. The molecule has 0 amide bonds. The molecular formula is C32H36FNO4S. The van der Waals surface area contributed by atoms with Gasteiger partial charge in [-0.15, -0.1) is 0 Å². The van der Waals surface area contributed by atoms with E-state index in [1.165, 1.54) is 17.7 Å². The molecule has 1 atom stereocenters. The van der Waals surface area contributed by atoms with E-state index in [4.69, 9.17) is 0 Å². The minimum absolute atomic E-state index is 0.164. The van der Waals surface area contributed by atoms with E-state index in [0.717, 1.165) is 50.8 Å². The molecule has 1 N–H and O–H groups in total. The summed E-state index contributed by atoms with van der Waals surface area (Å²) in [6.45, 7) is 4.22. The molecule has 3 aromatic carbocycles. The molecule has 0 radical (unpaired) electrons. The Labute approximate surface area is 231 Å². The fraction of sp³-hybridized carbons (Fsp3) is 0.344. The van der Waals surface area contributed by atoms with Gasteiger partial charge in [0, 0.05) is 16.8 Å². The van der Waals surface area contributed by atoms with E-state index in [1.807, 2.05) is 19.1 Å². The third kappa shape index (κ3) is 8.43. The molecule has 5 nitrogen and oxygen atoms in total. The smallest absolute Gasteiger partial charge is 0.340 e. The Kier molecular flexibility index (Phi) is 11.1. The number of hydrogen-bond donors (Lipinski definition) is 1. The van der Waals surface area contributed by atoms with Crippen molar-refractivity contribution >= 4 is 21.5 Å². The molecule has 0 heterocycles. The number of benzene rings is 3. The van der Waals surface area contributed by atoms with E-state index >= 15 is 0 Å². The first-order valence-corrected chi connectivity index (χ1v) is 14.9. The van der Waals surface area contributed by atoms with Crippen molar-refractivity contribution in [1.29, 1.82) is 0 Å². The van der Waals surface area contributed by atoms with Crippen LogP contribution in [0.5, 0.6) is 0 Å². The minimum Gasteiger partial charge on any atom is -0.465 e. The molecule has 0 aliphatic carbocycles. The lowest BCUT2D eigenvalue weighted by Gasteiger charge is -2.21. The molecule has 0 aliphatic rings. The molecule has 206 valence electrons. The van der Waals surface area contributed by atoms with Crippen molar-refractivity contribution in [2.75, 3.05) is 12.4 Å². The Balaban J connectivity index is 1.80. The fourth-order valence-electron chi connectivity index (χ4n) is 4.12. The van der Waals surface area contributed by atoms with Gasteiger partial charge in [-0.3, -0.25) is 0 Å². The predicted octanol–water partition coefficient (Wildman–Crippen LogP) is 7.15. The van der Waals surface area contributed by atoms with E-state index in [1.54, 1.807) is 24.3 Å². The number of carbonyl (C=O) groups excluding carboxylic acids is 1. The van der Waals surface area contributed by atoms with Crippen LogP contribution in [0.4, 0.5) is 10.1 Å². The van der Waals surface area contributed by atoms with Gasteiger partial charge in [-0.2, -0.15) is 0 Å².